The third-order valence-corrected chi connectivity index (χ3v) is 10.9. The van der Waals surface area contributed by atoms with Gasteiger partial charge in [0.25, 0.3) is 0 Å². The molecular weight excluding hydrogens is 426 g/mol. The summed E-state index contributed by atoms with van der Waals surface area (Å²) in [6.45, 7) is 8.64. The van der Waals surface area contributed by atoms with Gasteiger partial charge in [-0.1, -0.05) is 25.5 Å². The first-order valence-electron chi connectivity index (χ1n) is 13.9. The summed E-state index contributed by atoms with van der Waals surface area (Å²) in [6, 6.07) is 1.88. The monoisotopic (exact) mass is 469 g/mol. The average molecular weight is 470 g/mol. The zero-order chi connectivity index (χ0) is 23.6. The highest BCUT2D eigenvalue weighted by atomic mass is 16.5. The Kier molecular flexibility index (Phi) is 5.70. The van der Waals surface area contributed by atoms with Gasteiger partial charge in [0.05, 0.1) is 12.4 Å². The molecule has 5 heteroatoms. The number of aliphatic hydroxyl groups is 2. The summed E-state index contributed by atoms with van der Waals surface area (Å²) in [5.74, 6) is 3.15. The molecule has 0 spiro atoms. The molecule has 0 amide bonds. The molecule has 0 radical (unpaired) electrons. The largest absolute Gasteiger partial charge is 0.488 e. The number of aliphatic hydroxyl groups excluding tert-OH is 1. The Balaban J connectivity index is 1.22. The molecule has 4 fully saturated rings. The second kappa shape index (κ2) is 8.38. The first-order chi connectivity index (χ1) is 16.3. The smallest absolute Gasteiger partial charge is 0.177 e. The van der Waals surface area contributed by atoms with Crippen molar-refractivity contribution in [1.82, 2.24) is 4.90 Å². The molecule has 2 N–H and O–H groups in total. The average Bonchev–Trinajstić information content (AvgIpc) is 3.55. The zero-order valence-electron chi connectivity index (χ0n) is 21.1. The molecule has 2 unspecified atom stereocenters. The lowest BCUT2D eigenvalue weighted by atomic mass is 9.46. The Labute approximate surface area is 204 Å². The minimum absolute atomic E-state index is 0.0234. The maximum Gasteiger partial charge on any atom is 0.177 e. The molecule has 188 valence electrons. The molecule has 34 heavy (non-hydrogen) atoms. The van der Waals surface area contributed by atoms with Gasteiger partial charge >= 0.3 is 0 Å². The van der Waals surface area contributed by atoms with Gasteiger partial charge in [-0.3, -0.25) is 4.90 Å². The lowest BCUT2D eigenvalue weighted by molar-refractivity contribution is -0.106. The normalized spacial score (nSPS) is 44.3. The highest BCUT2D eigenvalue weighted by molar-refractivity contribution is 5.35. The second-order valence-electron chi connectivity index (χ2n) is 12.6. The molecule has 5 aliphatic rings. The van der Waals surface area contributed by atoms with Crippen LogP contribution in [0.15, 0.2) is 28.4 Å². The van der Waals surface area contributed by atoms with Gasteiger partial charge in [0.1, 0.15) is 12.2 Å². The van der Waals surface area contributed by atoms with Crippen molar-refractivity contribution in [2.24, 2.45) is 28.6 Å². The van der Waals surface area contributed by atoms with E-state index >= 15 is 0 Å². The van der Waals surface area contributed by atoms with Crippen LogP contribution in [-0.2, 0) is 5.60 Å². The summed E-state index contributed by atoms with van der Waals surface area (Å²) < 4.78 is 12.1. The topological polar surface area (TPSA) is 66.1 Å². The number of rotatable bonds is 5. The first-order valence-corrected chi connectivity index (χ1v) is 13.9. The van der Waals surface area contributed by atoms with Crippen LogP contribution in [0.5, 0.6) is 5.75 Å². The fourth-order valence-electron chi connectivity index (χ4n) is 9.07. The zero-order valence-corrected chi connectivity index (χ0v) is 21.1. The number of allylic oxidation sites excluding steroid dienone is 1. The quantitative estimate of drug-likeness (QED) is 0.576. The molecule has 6 rings (SSSR count). The molecule has 2 heterocycles. The fourth-order valence-corrected chi connectivity index (χ4v) is 9.07. The first kappa shape index (κ1) is 23.1. The Hall–Kier alpha value is -1.30. The maximum absolute atomic E-state index is 12.0. The number of fused-ring (bicyclic) bond motifs is 5. The summed E-state index contributed by atoms with van der Waals surface area (Å²) >= 11 is 0. The van der Waals surface area contributed by atoms with Crippen LogP contribution in [0.2, 0.25) is 0 Å². The summed E-state index contributed by atoms with van der Waals surface area (Å²) in [5, 5.41) is 22.8. The molecule has 5 nitrogen and oxygen atoms in total. The van der Waals surface area contributed by atoms with Gasteiger partial charge in [-0.2, -0.15) is 0 Å². The van der Waals surface area contributed by atoms with Crippen molar-refractivity contribution in [2.45, 2.75) is 89.8 Å². The number of furan rings is 1. The lowest BCUT2D eigenvalue weighted by Crippen LogP contribution is -2.53. The predicted molar refractivity (Wildman–Crippen MR) is 131 cm³/mol. The van der Waals surface area contributed by atoms with E-state index in [9.17, 15) is 10.2 Å². The van der Waals surface area contributed by atoms with E-state index in [4.69, 9.17) is 9.15 Å². The van der Waals surface area contributed by atoms with E-state index in [0.29, 0.717) is 48.7 Å². The Morgan fingerprint density at radius 2 is 1.94 bits per heavy atom. The van der Waals surface area contributed by atoms with Crippen molar-refractivity contribution in [3.05, 3.63) is 29.7 Å². The number of hydrogen-bond donors (Lipinski definition) is 2. The van der Waals surface area contributed by atoms with E-state index < -0.39 is 5.60 Å². The lowest BCUT2D eigenvalue weighted by Gasteiger charge is -2.59. The van der Waals surface area contributed by atoms with Crippen LogP contribution in [-0.4, -0.2) is 47.5 Å². The third-order valence-electron chi connectivity index (χ3n) is 10.9. The third kappa shape index (κ3) is 3.52. The van der Waals surface area contributed by atoms with Crippen LogP contribution in [0, 0.1) is 28.6 Å². The molecule has 4 aliphatic carbocycles. The van der Waals surface area contributed by atoms with E-state index in [1.54, 1.807) is 11.8 Å². The Morgan fingerprint density at radius 1 is 1.12 bits per heavy atom. The van der Waals surface area contributed by atoms with E-state index in [2.05, 4.69) is 24.8 Å². The second-order valence-corrected chi connectivity index (χ2v) is 12.6. The van der Waals surface area contributed by atoms with Crippen LogP contribution in [0.1, 0.15) is 83.8 Å². The molecule has 0 aromatic carbocycles. The minimum Gasteiger partial charge on any atom is -0.488 e. The van der Waals surface area contributed by atoms with Crippen molar-refractivity contribution in [3.8, 4) is 5.75 Å². The molecular formula is C29H43NO4. The summed E-state index contributed by atoms with van der Waals surface area (Å²) in [6.07, 6.45) is 14.5. The highest BCUT2D eigenvalue weighted by Crippen LogP contribution is 2.67. The van der Waals surface area contributed by atoms with Crippen molar-refractivity contribution in [3.63, 3.8) is 0 Å². The summed E-state index contributed by atoms with van der Waals surface area (Å²) in [5.41, 5.74) is 0.581. The molecule has 0 bridgehead atoms. The number of nitrogens with zero attached hydrogens (tertiary/aromatic N) is 1. The van der Waals surface area contributed by atoms with Gasteiger partial charge in [-0.05, 0) is 99.5 Å². The van der Waals surface area contributed by atoms with Crippen LogP contribution >= 0.6 is 0 Å². The maximum atomic E-state index is 12.0. The van der Waals surface area contributed by atoms with Crippen molar-refractivity contribution in [1.29, 1.82) is 0 Å². The van der Waals surface area contributed by atoms with Gasteiger partial charge in [0, 0.05) is 19.0 Å². The highest BCUT2D eigenvalue weighted by Gasteiger charge is 2.60. The molecule has 1 saturated heterocycles. The fraction of sp³-hybridized carbons (Fsp3) is 0.793. The van der Waals surface area contributed by atoms with Gasteiger partial charge in [-0.15, -0.1) is 0 Å². The van der Waals surface area contributed by atoms with E-state index in [0.717, 1.165) is 51.7 Å². The van der Waals surface area contributed by atoms with Crippen molar-refractivity contribution >= 4 is 0 Å². The summed E-state index contributed by atoms with van der Waals surface area (Å²) in [4.78, 5) is 2.45. The van der Waals surface area contributed by atoms with Crippen LogP contribution in [0.3, 0.4) is 0 Å². The molecule has 1 aromatic heterocycles. The minimum atomic E-state index is -1.03. The van der Waals surface area contributed by atoms with E-state index in [1.165, 1.54) is 19.3 Å². The SMILES string of the molecule is C[C@]12CC(O)(c3occc3OCCN3CCCC3)CC=C1CC[C@@H]1[C@H]2CC[C@]2(C)C(O)CC[C@@H]12. The molecule has 3 saturated carbocycles. The van der Waals surface area contributed by atoms with Gasteiger partial charge < -0.3 is 19.4 Å². The predicted octanol–water partition coefficient (Wildman–Crippen LogP) is 5.27. The Morgan fingerprint density at radius 3 is 2.76 bits per heavy atom. The molecule has 7 atom stereocenters. The standard InChI is InChI=1S/C29H43NO4/c1-27-12-10-23-21(22(27)7-8-25(27)31)6-5-20-9-13-29(32,19-28(20,23)2)26-24(11-17-34-26)33-18-16-30-14-3-4-15-30/h9,11,17,21-23,25,31-32H,3-8,10,12-16,18-19H2,1-2H3/t21-,22-,23+,25?,27-,28-,29?/m0/s1. The van der Waals surface area contributed by atoms with Crippen LogP contribution < -0.4 is 4.74 Å². The molecule has 1 aliphatic heterocycles. The van der Waals surface area contributed by atoms with Crippen molar-refractivity contribution < 1.29 is 19.4 Å². The molecule has 1 aromatic rings. The number of hydrogen-bond acceptors (Lipinski definition) is 5. The Bertz CT molecular complexity index is 934. The number of ether oxygens (including phenoxy) is 1. The van der Waals surface area contributed by atoms with Crippen LogP contribution in [0.4, 0.5) is 0 Å². The van der Waals surface area contributed by atoms with E-state index in [-0.39, 0.29) is 16.9 Å². The summed E-state index contributed by atoms with van der Waals surface area (Å²) in [7, 11) is 0. The van der Waals surface area contributed by atoms with Crippen LogP contribution in [0.25, 0.3) is 0 Å². The van der Waals surface area contributed by atoms with Gasteiger partial charge in [0.15, 0.2) is 11.5 Å². The van der Waals surface area contributed by atoms with E-state index in [1.807, 2.05) is 6.07 Å². The number of likely N-dealkylation sites (tertiary alicyclic amines) is 1. The van der Waals surface area contributed by atoms with Gasteiger partial charge in [-0.25, -0.2) is 0 Å². The van der Waals surface area contributed by atoms with Crippen molar-refractivity contribution in [2.75, 3.05) is 26.2 Å². The van der Waals surface area contributed by atoms with Gasteiger partial charge in [0.2, 0.25) is 0 Å².